The number of piperidine rings is 1. The number of carbonyl (C=O) groups is 1. The molecule has 2 saturated heterocycles. The van der Waals surface area contributed by atoms with Crippen molar-refractivity contribution in [1.82, 2.24) is 10.2 Å². The topological polar surface area (TPSA) is 50.8 Å². The minimum absolute atomic E-state index is 0.180. The second-order valence-corrected chi connectivity index (χ2v) is 7.21. The van der Waals surface area contributed by atoms with Gasteiger partial charge in [0.1, 0.15) is 5.60 Å². The average molecular weight is 298 g/mol. The SMILES string of the molecule is CC(C)(C)OC(=O)N(CC1CCNCC1)CC1CCCO1. The standard InChI is InChI=1S/C16H30N2O3/c1-16(2,3)21-15(19)18(12-14-5-4-10-20-14)11-13-6-8-17-9-7-13/h13-14,17H,4-12H2,1-3H3. The maximum absolute atomic E-state index is 12.5. The van der Waals surface area contributed by atoms with Crippen molar-refractivity contribution in [2.75, 3.05) is 32.8 Å². The number of hydrogen-bond acceptors (Lipinski definition) is 4. The van der Waals surface area contributed by atoms with Crippen LogP contribution in [-0.4, -0.2) is 55.5 Å². The summed E-state index contributed by atoms with van der Waals surface area (Å²) in [5.74, 6) is 0.570. The van der Waals surface area contributed by atoms with Gasteiger partial charge in [-0.1, -0.05) is 0 Å². The predicted octanol–water partition coefficient (Wildman–Crippen LogP) is 2.40. The van der Waals surface area contributed by atoms with E-state index in [1.807, 2.05) is 25.7 Å². The van der Waals surface area contributed by atoms with Crippen molar-refractivity contribution in [3.05, 3.63) is 0 Å². The zero-order chi connectivity index (χ0) is 15.3. The first-order chi connectivity index (χ1) is 9.94. The van der Waals surface area contributed by atoms with Crippen LogP contribution in [0.1, 0.15) is 46.5 Å². The van der Waals surface area contributed by atoms with Crippen molar-refractivity contribution in [3.63, 3.8) is 0 Å². The van der Waals surface area contributed by atoms with Crippen molar-refractivity contribution >= 4 is 6.09 Å². The molecular weight excluding hydrogens is 268 g/mol. The maximum Gasteiger partial charge on any atom is 0.410 e. The van der Waals surface area contributed by atoms with Crippen LogP contribution in [0.3, 0.4) is 0 Å². The molecule has 0 saturated carbocycles. The van der Waals surface area contributed by atoms with Crippen molar-refractivity contribution in [2.24, 2.45) is 5.92 Å². The van der Waals surface area contributed by atoms with Crippen LogP contribution in [0, 0.1) is 5.92 Å². The molecule has 0 aromatic rings. The molecule has 5 nitrogen and oxygen atoms in total. The maximum atomic E-state index is 12.5. The highest BCUT2D eigenvalue weighted by molar-refractivity contribution is 5.68. The highest BCUT2D eigenvalue weighted by atomic mass is 16.6. The Balaban J connectivity index is 1.92. The number of nitrogens with zero attached hydrogens (tertiary/aromatic N) is 1. The minimum Gasteiger partial charge on any atom is -0.444 e. The normalized spacial score (nSPS) is 24.0. The lowest BCUT2D eigenvalue weighted by Crippen LogP contribution is -2.45. The number of carbonyl (C=O) groups excluding carboxylic acids is 1. The second-order valence-electron chi connectivity index (χ2n) is 7.21. The first kappa shape index (κ1) is 16.6. The lowest BCUT2D eigenvalue weighted by atomic mass is 9.97. The summed E-state index contributed by atoms with van der Waals surface area (Å²) in [7, 11) is 0. The Bertz CT molecular complexity index is 329. The molecule has 0 radical (unpaired) electrons. The third-order valence-electron chi connectivity index (χ3n) is 4.04. The number of amides is 1. The molecule has 2 fully saturated rings. The molecule has 1 N–H and O–H groups in total. The largest absolute Gasteiger partial charge is 0.444 e. The predicted molar refractivity (Wildman–Crippen MR) is 82.4 cm³/mol. The van der Waals surface area contributed by atoms with Crippen molar-refractivity contribution in [1.29, 1.82) is 0 Å². The van der Waals surface area contributed by atoms with E-state index >= 15 is 0 Å². The summed E-state index contributed by atoms with van der Waals surface area (Å²) >= 11 is 0. The average Bonchev–Trinajstić information content (AvgIpc) is 2.90. The highest BCUT2D eigenvalue weighted by Crippen LogP contribution is 2.20. The second kappa shape index (κ2) is 7.45. The Morgan fingerprint density at radius 2 is 1.95 bits per heavy atom. The monoisotopic (exact) mass is 298 g/mol. The van der Waals surface area contributed by atoms with Gasteiger partial charge < -0.3 is 19.7 Å². The molecule has 0 bridgehead atoms. The van der Waals surface area contributed by atoms with Gasteiger partial charge in [-0.2, -0.15) is 0 Å². The van der Waals surface area contributed by atoms with Crippen molar-refractivity contribution < 1.29 is 14.3 Å². The summed E-state index contributed by atoms with van der Waals surface area (Å²) in [4.78, 5) is 14.3. The van der Waals surface area contributed by atoms with Gasteiger partial charge >= 0.3 is 6.09 Å². The van der Waals surface area contributed by atoms with E-state index in [2.05, 4.69) is 5.32 Å². The van der Waals surface area contributed by atoms with E-state index in [-0.39, 0.29) is 12.2 Å². The molecule has 1 atom stereocenters. The molecule has 5 heteroatoms. The summed E-state index contributed by atoms with van der Waals surface area (Å²) in [6, 6.07) is 0. The Labute approximate surface area is 128 Å². The molecule has 2 aliphatic rings. The third kappa shape index (κ3) is 5.83. The molecule has 122 valence electrons. The summed E-state index contributed by atoms with van der Waals surface area (Å²) < 4.78 is 11.3. The van der Waals surface area contributed by atoms with Crippen LogP contribution in [0.15, 0.2) is 0 Å². The summed E-state index contributed by atoms with van der Waals surface area (Å²) in [5.41, 5.74) is -0.444. The van der Waals surface area contributed by atoms with Gasteiger partial charge in [0, 0.05) is 13.2 Å². The van der Waals surface area contributed by atoms with Crippen LogP contribution in [0.2, 0.25) is 0 Å². The molecule has 0 aromatic heterocycles. The van der Waals surface area contributed by atoms with Crippen molar-refractivity contribution in [2.45, 2.75) is 58.2 Å². The molecule has 1 unspecified atom stereocenters. The Hall–Kier alpha value is -0.810. The lowest BCUT2D eigenvalue weighted by molar-refractivity contribution is 0.00601. The first-order valence-electron chi connectivity index (χ1n) is 8.24. The van der Waals surface area contributed by atoms with E-state index in [9.17, 15) is 4.79 Å². The molecule has 0 aliphatic carbocycles. The van der Waals surface area contributed by atoms with Gasteiger partial charge in [0.25, 0.3) is 0 Å². The van der Waals surface area contributed by atoms with Crippen molar-refractivity contribution in [3.8, 4) is 0 Å². The molecule has 1 amide bonds. The van der Waals surface area contributed by atoms with E-state index in [0.29, 0.717) is 12.5 Å². The van der Waals surface area contributed by atoms with Gasteiger partial charge in [-0.25, -0.2) is 4.79 Å². The van der Waals surface area contributed by atoms with Crippen LogP contribution >= 0.6 is 0 Å². The van der Waals surface area contributed by atoms with Crippen LogP contribution in [0.25, 0.3) is 0 Å². The van der Waals surface area contributed by atoms with Crippen LogP contribution in [-0.2, 0) is 9.47 Å². The molecule has 21 heavy (non-hydrogen) atoms. The highest BCUT2D eigenvalue weighted by Gasteiger charge is 2.28. The van der Waals surface area contributed by atoms with E-state index in [1.165, 1.54) is 0 Å². The lowest BCUT2D eigenvalue weighted by Gasteiger charge is -2.33. The van der Waals surface area contributed by atoms with E-state index < -0.39 is 5.60 Å². The Kier molecular flexibility index (Phi) is 5.88. The fraction of sp³-hybridized carbons (Fsp3) is 0.938. The molecule has 2 aliphatic heterocycles. The van der Waals surface area contributed by atoms with Crippen LogP contribution in [0.4, 0.5) is 4.79 Å². The minimum atomic E-state index is -0.444. The van der Waals surface area contributed by atoms with Gasteiger partial charge in [-0.15, -0.1) is 0 Å². The number of hydrogen-bond donors (Lipinski definition) is 1. The first-order valence-corrected chi connectivity index (χ1v) is 8.24. The fourth-order valence-electron chi connectivity index (χ4n) is 2.96. The Morgan fingerprint density at radius 1 is 1.24 bits per heavy atom. The summed E-state index contributed by atoms with van der Waals surface area (Å²) in [6.45, 7) is 10.1. The van der Waals surface area contributed by atoms with Gasteiger partial charge in [-0.3, -0.25) is 0 Å². The summed E-state index contributed by atoms with van der Waals surface area (Å²) in [5, 5.41) is 3.37. The molecule has 0 aromatic carbocycles. The van der Waals surface area contributed by atoms with Gasteiger partial charge in [0.05, 0.1) is 12.6 Å². The van der Waals surface area contributed by atoms with Gasteiger partial charge in [-0.05, 0) is 65.5 Å². The fourth-order valence-corrected chi connectivity index (χ4v) is 2.96. The van der Waals surface area contributed by atoms with Gasteiger partial charge in [0.15, 0.2) is 0 Å². The van der Waals surface area contributed by atoms with Crippen LogP contribution in [0.5, 0.6) is 0 Å². The van der Waals surface area contributed by atoms with E-state index in [0.717, 1.165) is 51.9 Å². The Morgan fingerprint density at radius 3 is 2.52 bits per heavy atom. The smallest absolute Gasteiger partial charge is 0.410 e. The third-order valence-corrected chi connectivity index (χ3v) is 4.04. The number of ether oxygens (including phenoxy) is 2. The summed E-state index contributed by atoms with van der Waals surface area (Å²) in [6.07, 6.45) is 4.39. The number of rotatable bonds is 4. The zero-order valence-corrected chi connectivity index (χ0v) is 13.7. The molecule has 2 rings (SSSR count). The molecule has 0 spiro atoms. The molecular formula is C16H30N2O3. The molecule has 2 heterocycles. The zero-order valence-electron chi connectivity index (χ0n) is 13.7. The van der Waals surface area contributed by atoms with E-state index in [4.69, 9.17) is 9.47 Å². The quantitative estimate of drug-likeness (QED) is 0.866. The number of nitrogens with one attached hydrogen (secondary N) is 1. The van der Waals surface area contributed by atoms with Gasteiger partial charge in [0.2, 0.25) is 0 Å². The van der Waals surface area contributed by atoms with E-state index in [1.54, 1.807) is 0 Å². The van der Waals surface area contributed by atoms with Crippen LogP contribution < -0.4 is 5.32 Å².